The number of nitrogens with zero attached hydrogens (tertiary/aromatic N) is 4. The van der Waals surface area contributed by atoms with Crippen LogP contribution in [0.25, 0.3) is 0 Å². The Labute approximate surface area is 155 Å². The molecule has 0 bridgehead atoms. The third-order valence-corrected chi connectivity index (χ3v) is 3.61. The van der Waals surface area contributed by atoms with Crippen LogP contribution in [0.5, 0.6) is 17.2 Å². The minimum Gasteiger partial charge on any atom is -0.493 e. The summed E-state index contributed by atoms with van der Waals surface area (Å²) in [6.07, 6.45) is 4.61. The van der Waals surface area contributed by atoms with E-state index < -0.39 is 0 Å². The van der Waals surface area contributed by atoms with Gasteiger partial charge in [0.15, 0.2) is 11.5 Å². The molecule has 0 unspecified atom stereocenters. The van der Waals surface area contributed by atoms with E-state index in [2.05, 4.69) is 15.3 Å². The van der Waals surface area contributed by atoms with Crippen LogP contribution in [-0.2, 0) is 0 Å². The summed E-state index contributed by atoms with van der Waals surface area (Å²) < 4.78 is 18.2. The molecule has 0 N–H and O–H groups in total. The van der Waals surface area contributed by atoms with Crippen LogP contribution < -0.4 is 14.2 Å². The molecule has 8 heteroatoms. The minimum atomic E-state index is 0.354. The standard InChI is InChI=1S/C18H17ClN4O3/c1-24-17-4-2-3-5-18(17)26-9-8-25-16-7-6-15(19)10-14(16)11-22-23-12-20-21-13-23/h2-7,10-13H,8-9H2,1H3. The lowest BCUT2D eigenvalue weighted by atomic mass is 10.2. The molecule has 0 aliphatic heterocycles. The number of methoxy groups -OCH3 is 1. The first-order chi connectivity index (χ1) is 12.8. The lowest BCUT2D eigenvalue weighted by molar-refractivity contribution is 0.211. The van der Waals surface area contributed by atoms with Crippen molar-refractivity contribution in [3.63, 3.8) is 0 Å². The maximum Gasteiger partial charge on any atom is 0.161 e. The number of ether oxygens (including phenoxy) is 3. The fourth-order valence-electron chi connectivity index (χ4n) is 2.18. The van der Waals surface area contributed by atoms with Crippen molar-refractivity contribution in [2.75, 3.05) is 20.3 Å². The van der Waals surface area contributed by atoms with Crippen molar-refractivity contribution in [3.8, 4) is 17.2 Å². The van der Waals surface area contributed by atoms with Gasteiger partial charge in [0.25, 0.3) is 0 Å². The summed E-state index contributed by atoms with van der Waals surface area (Å²) in [5.41, 5.74) is 0.739. The SMILES string of the molecule is COc1ccccc1OCCOc1ccc(Cl)cc1C=Nn1cnnc1. The van der Waals surface area contributed by atoms with Crippen LogP contribution in [0, 0.1) is 0 Å². The highest BCUT2D eigenvalue weighted by Crippen LogP contribution is 2.26. The molecule has 0 radical (unpaired) electrons. The summed E-state index contributed by atoms with van der Waals surface area (Å²) in [5.74, 6) is 2.00. The number of para-hydroxylation sites is 2. The Hall–Kier alpha value is -3.06. The molecule has 0 atom stereocenters. The molecule has 0 aliphatic rings. The van der Waals surface area contributed by atoms with E-state index in [0.29, 0.717) is 35.5 Å². The molecule has 2 aromatic carbocycles. The molecule has 0 aliphatic carbocycles. The molecule has 0 saturated carbocycles. The minimum absolute atomic E-state index is 0.354. The Kier molecular flexibility index (Phi) is 6.05. The molecule has 0 saturated heterocycles. The lowest BCUT2D eigenvalue weighted by Gasteiger charge is -2.12. The molecule has 0 fully saturated rings. The van der Waals surface area contributed by atoms with E-state index >= 15 is 0 Å². The Morgan fingerprint density at radius 2 is 1.69 bits per heavy atom. The Bertz CT molecular complexity index is 869. The number of hydrogen-bond acceptors (Lipinski definition) is 6. The quantitative estimate of drug-likeness (QED) is 0.448. The monoisotopic (exact) mass is 372 g/mol. The van der Waals surface area contributed by atoms with Gasteiger partial charge in [-0.1, -0.05) is 23.7 Å². The number of rotatable bonds is 8. The Morgan fingerprint density at radius 3 is 2.42 bits per heavy atom. The van der Waals surface area contributed by atoms with Crippen molar-refractivity contribution in [1.82, 2.24) is 14.9 Å². The summed E-state index contributed by atoms with van der Waals surface area (Å²) in [5, 5.41) is 12.2. The van der Waals surface area contributed by atoms with Gasteiger partial charge in [-0.25, -0.2) is 4.68 Å². The summed E-state index contributed by atoms with van der Waals surface area (Å²) in [6, 6.07) is 12.8. The van der Waals surface area contributed by atoms with Crippen LogP contribution in [0.3, 0.4) is 0 Å². The largest absolute Gasteiger partial charge is 0.493 e. The highest BCUT2D eigenvalue weighted by Gasteiger charge is 2.05. The van der Waals surface area contributed by atoms with Crippen molar-refractivity contribution in [2.24, 2.45) is 5.10 Å². The predicted molar refractivity (Wildman–Crippen MR) is 98.5 cm³/mol. The van der Waals surface area contributed by atoms with Gasteiger partial charge in [0, 0.05) is 10.6 Å². The average Bonchev–Trinajstić information content (AvgIpc) is 3.18. The lowest BCUT2D eigenvalue weighted by Crippen LogP contribution is -2.10. The molecule has 134 valence electrons. The second-order valence-corrected chi connectivity index (χ2v) is 5.55. The van der Waals surface area contributed by atoms with Crippen molar-refractivity contribution < 1.29 is 14.2 Å². The number of halogens is 1. The van der Waals surface area contributed by atoms with E-state index in [1.807, 2.05) is 24.3 Å². The zero-order chi connectivity index (χ0) is 18.2. The molecule has 0 spiro atoms. The van der Waals surface area contributed by atoms with Crippen LogP contribution in [0.2, 0.25) is 5.02 Å². The van der Waals surface area contributed by atoms with Crippen molar-refractivity contribution >= 4 is 17.8 Å². The van der Waals surface area contributed by atoms with Gasteiger partial charge >= 0.3 is 0 Å². The average molecular weight is 373 g/mol. The van der Waals surface area contributed by atoms with E-state index in [-0.39, 0.29) is 0 Å². The van der Waals surface area contributed by atoms with Crippen molar-refractivity contribution in [2.45, 2.75) is 0 Å². The highest BCUT2D eigenvalue weighted by atomic mass is 35.5. The third-order valence-electron chi connectivity index (χ3n) is 3.38. The van der Waals surface area contributed by atoms with Gasteiger partial charge in [-0.15, -0.1) is 10.2 Å². The fraction of sp³-hybridized carbons (Fsp3) is 0.167. The summed E-state index contributed by atoms with van der Waals surface area (Å²) in [6.45, 7) is 0.720. The zero-order valence-corrected chi connectivity index (χ0v) is 14.8. The van der Waals surface area contributed by atoms with Crippen LogP contribution in [0.15, 0.2) is 60.2 Å². The van der Waals surface area contributed by atoms with Gasteiger partial charge in [-0.3, -0.25) is 0 Å². The van der Waals surface area contributed by atoms with Gasteiger partial charge < -0.3 is 14.2 Å². The van der Waals surface area contributed by atoms with E-state index in [4.69, 9.17) is 25.8 Å². The molecule has 1 heterocycles. The van der Waals surface area contributed by atoms with E-state index in [0.717, 1.165) is 5.56 Å². The number of hydrogen-bond donors (Lipinski definition) is 0. The Balaban J connectivity index is 1.61. The molecular formula is C18H17ClN4O3. The molecule has 0 amide bonds. The van der Waals surface area contributed by atoms with Crippen molar-refractivity contribution in [1.29, 1.82) is 0 Å². The molecule has 26 heavy (non-hydrogen) atoms. The summed E-state index contributed by atoms with van der Waals surface area (Å²) in [4.78, 5) is 0. The predicted octanol–water partition coefficient (Wildman–Crippen LogP) is 3.28. The van der Waals surface area contributed by atoms with Crippen LogP contribution >= 0.6 is 11.6 Å². The van der Waals surface area contributed by atoms with Crippen LogP contribution in [0.4, 0.5) is 0 Å². The maximum absolute atomic E-state index is 6.06. The first-order valence-electron chi connectivity index (χ1n) is 7.83. The summed E-state index contributed by atoms with van der Waals surface area (Å²) in [7, 11) is 1.60. The zero-order valence-electron chi connectivity index (χ0n) is 14.1. The second kappa shape index (κ2) is 8.87. The van der Waals surface area contributed by atoms with Crippen molar-refractivity contribution in [3.05, 3.63) is 65.7 Å². The number of benzene rings is 2. The normalized spacial score (nSPS) is 10.8. The first-order valence-corrected chi connectivity index (χ1v) is 8.21. The molecule has 3 rings (SSSR count). The first kappa shape index (κ1) is 17.8. The fourth-order valence-corrected chi connectivity index (χ4v) is 2.36. The molecule has 1 aromatic heterocycles. The summed E-state index contributed by atoms with van der Waals surface area (Å²) >= 11 is 6.06. The second-order valence-electron chi connectivity index (χ2n) is 5.12. The van der Waals surface area contributed by atoms with Gasteiger partial charge in [-0.2, -0.15) is 5.10 Å². The smallest absolute Gasteiger partial charge is 0.161 e. The van der Waals surface area contributed by atoms with E-state index in [9.17, 15) is 0 Å². The molecular weight excluding hydrogens is 356 g/mol. The van der Waals surface area contributed by atoms with Gasteiger partial charge in [0.2, 0.25) is 0 Å². The van der Waals surface area contributed by atoms with E-state index in [1.54, 1.807) is 31.5 Å². The molecule has 7 nitrogen and oxygen atoms in total. The van der Waals surface area contributed by atoms with E-state index in [1.165, 1.54) is 17.3 Å². The van der Waals surface area contributed by atoms with Gasteiger partial charge in [-0.05, 0) is 30.3 Å². The molecule has 3 aromatic rings. The maximum atomic E-state index is 6.06. The highest BCUT2D eigenvalue weighted by molar-refractivity contribution is 6.30. The third kappa shape index (κ3) is 4.73. The van der Waals surface area contributed by atoms with Gasteiger partial charge in [0.1, 0.15) is 31.6 Å². The number of aromatic nitrogens is 3. The van der Waals surface area contributed by atoms with Gasteiger partial charge in [0.05, 0.1) is 13.3 Å². The van der Waals surface area contributed by atoms with Crippen LogP contribution in [0.1, 0.15) is 5.56 Å². The topological polar surface area (TPSA) is 70.8 Å². The van der Waals surface area contributed by atoms with Crippen LogP contribution in [-0.4, -0.2) is 41.4 Å². The Morgan fingerprint density at radius 1 is 1.00 bits per heavy atom.